The molecule has 4 rings (SSSR count). The lowest BCUT2D eigenvalue weighted by Gasteiger charge is -2.05. The fourth-order valence-electron chi connectivity index (χ4n) is 2.77. The van der Waals surface area contributed by atoms with Gasteiger partial charge >= 0.3 is 0 Å². The number of ketones is 1. The lowest BCUT2D eigenvalue weighted by atomic mass is 10.1. The van der Waals surface area contributed by atoms with Crippen LogP contribution in [0.25, 0.3) is 21.1 Å². The predicted octanol–water partition coefficient (Wildman–Crippen LogP) is 3.83. The zero-order chi connectivity index (χ0) is 14.4. The Morgan fingerprint density at radius 2 is 2.33 bits per heavy atom. The fraction of sp³-hybridized carbons (Fsp3) is 0.125. The maximum absolute atomic E-state index is 12.9. The third-order valence-corrected chi connectivity index (χ3v) is 4.73. The molecule has 4 heterocycles. The molecule has 0 bridgehead atoms. The Morgan fingerprint density at radius 3 is 3.19 bits per heavy atom. The van der Waals surface area contributed by atoms with Crippen LogP contribution in [0, 0.1) is 0 Å². The summed E-state index contributed by atoms with van der Waals surface area (Å²) in [7, 11) is 0. The van der Waals surface area contributed by atoms with Gasteiger partial charge in [0.15, 0.2) is 0 Å². The minimum atomic E-state index is 0.0534. The second-order valence-electron chi connectivity index (χ2n) is 4.91. The first-order valence-corrected chi connectivity index (χ1v) is 7.70. The highest BCUT2D eigenvalue weighted by Gasteiger charge is 2.19. The zero-order valence-electron chi connectivity index (χ0n) is 11.5. The summed E-state index contributed by atoms with van der Waals surface area (Å²) in [6, 6.07) is 5.92. The van der Waals surface area contributed by atoms with Crippen LogP contribution in [-0.2, 0) is 6.54 Å². The molecule has 21 heavy (non-hydrogen) atoms. The summed E-state index contributed by atoms with van der Waals surface area (Å²) in [6.45, 7) is 2.85. The van der Waals surface area contributed by atoms with Crippen molar-refractivity contribution in [2.45, 2.75) is 13.5 Å². The average molecular weight is 295 g/mol. The summed E-state index contributed by atoms with van der Waals surface area (Å²) >= 11 is 1.67. The number of nitrogens with one attached hydrogen (secondary N) is 1. The molecule has 4 aromatic heterocycles. The summed E-state index contributed by atoms with van der Waals surface area (Å²) in [4.78, 5) is 21.3. The van der Waals surface area contributed by atoms with Crippen LogP contribution in [0.3, 0.4) is 0 Å². The number of rotatable bonds is 3. The Bertz CT molecular complexity index is 960. The van der Waals surface area contributed by atoms with Crippen LogP contribution >= 0.6 is 11.3 Å². The van der Waals surface area contributed by atoms with Crippen molar-refractivity contribution in [2.75, 3.05) is 0 Å². The van der Waals surface area contributed by atoms with E-state index in [0.29, 0.717) is 5.56 Å². The van der Waals surface area contributed by atoms with Gasteiger partial charge in [-0.05, 0) is 30.5 Å². The maximum Gasteiger partial charge on any atom is 0.211 e. The van der Waals surface area contributed by atoms with Crippen molar-refractivity contribution in [3.63, 3.8) is 0 Å². The van der Waals surface area contributed by atoms with Gasteiger partial charge in [0.1, 0.15) is 4.83 Å². The lowest BCUT2D eigenvalue weighted by molar-refractivity contribution is 0.103. The predicted molar refractivity (Wildman–Crippen MR) is 85.0 cm³/mol. The minimum absolute atomic E-state index is 0.0534. The summed E-state index contributed by atoms with van der Waals surface area (Å²) in [5.74, 6) is 0.0534. The van der Waals surface area contributed by atoms with Gasteiger partial charge < -0.3 is 9.55 Å². The Labute approximate surface area is 125 Å². The highest BCUT2D eigenvalue weighted by molar-refractivity contribution is 7.16. The third kappa shape index (κ3) is 1.74. The molecule has 0 spiro atoms. The number of aromatic nitrogens is 3. The number of aryl methyl sites for hydroxylation is 1. The van der Waals surface area contributed by atoms with Crippen molar-refractivity contribution >= 4 is 38.2 Å². The van der Waals surface area contributed by atoms with E-state index in [0.717, 1.165) is 33.4 Å². The molecule has 0 fully saturated rings. The number of nitrogens with zero attached hydrogens (tertiary/aromatic N) is 2. The van der Waals surface area contributed by atoms with E-state index in [4.69, 9.17) is 0 Å². The molecule has 0 aromatic carbocycles. The maximum atomic E-state index is 12.9. The number of thiophene rings is 1. The van der Waals surface area contributed by atoms with E-state index in [1.54, 1.807) is 29.9 Å². The molecule has 0 aliphatic rings. The smallest absolute Gasteiger partial charge is 0.211 e. The van der Waals surface area contributed by atoms with Crippen LogP contribution in [0.2, 0.25) is 0 Å². The molecular formula is C16H13N3OS. The van der Waals surface area contributed by atoms with Crippen LogP contribution in [0.4, 0.5) is 0 Å². The van der Waals surface area contributed by atoms with Gasteiger partial charge in [0.25, 0.3) is 0 Å². The lowest BCUT2D eigenvalue weighted by Crippen LogP contribution is -2.08. The van der Waals surface area contributed by atoms with Crippen molar-refractivity contribution in [2.24, 2.45) is 0 Å². The number of aromatic amines is 1. The number of hydrogen-bond acceptors (Lipinski definition) is 3. The van der Waals surface area contributed by atoms with Gasteiger partial charge in [-0.1, -0.05) is 0 Å². The molecule has 4 nitrogen and oxygen atoms in total. The summed E-state index contributed by atoms with van der Waals surface area (Å²) in [5.41, 5.74) is 2.33. The SMILES string of the molecule is CCn1c(C(=O)c2c[nH]c3cnccc23)cc2ccsc21. The van der Waals surface area contributed by atoms with Crippen LogP contribution in [0.15, 0.2) is 42.2 Å². The van der Waals surface area contributed by atoms with Gasteiger partial charge in [0.2, 0.25) is 5.78 Å². The monoisotopic (exact) mass is 295 g/mol. The highest BCUT2D eigenvalue weighted by Crippen LogP contribution is 2.28. The van der Waals surface area contributed by atoms with Gasteiger partial charge in [-0.2, -0.15) is 0 Å². The van der Waals surface area contributed by atoms with Gasteiger partial charge in [-0.25, -0.2) is 0 Å². The Morgan fingerprint density at radius 1 is 1.43 bits per heavy atom. The quantitative estimate of drug-likeness (QED) is 0.584. The molecule has 5 heteroatoms. The van der Waals surface area contributed by atoms with E-state index in [9.17, 15) is 4.79 Å². The van der Waals surface area contributed by atoms with E-state index in [1.807, 2.05) is 12.1 Å². The Kier molecular flexibility index (Phi) is 2.68. The van der Waals surface area contributed by atoms with Crippen molar-refractivity contribution < 1.29 is 4.79 Å². The van der Waals surface area contributed by atoms with Crippen LogP contribution < -0.4 is 0 Å². The minimum Gasteiger partial charge on any atom is -0.359 e. The molecule has 104 valence electrons. The molecule has 4 aromatic rings. The van der Waals surface area contributed by atoms with E-state index in [1.165, 1.54) is 0 Å². The van der Waals surface area contributed by atoms with Gasteiger partial charge in [0, 0.05) is 35.3 Å². The molecule has 0 unspecified atom stereocenters. The van der Waals surface area contributed by atoms with Crippen LogP contribution in [0.5, 0.6) is 0 Å². The molecule has 0 amide bonds. The number of H-pyrrole nitrogens is 1. The first-order valence-electron chi connectivity index (χ1n) is 6.82. The van der Waals surface area contributed by atoms with E-state index >= 15 is 0 Å². The highest BCUT2D eigenvalue weighted by atomic mass is 32.1. The summed E-state index contributed by atoms with van der Waals surface area (Å²) < 4.78 is 2.09. The fourth-order valence-corrected chi connectivity index (χ4v) is 3.74. The van der Waals surface area contributed by atoms with Crippen LogP contribution in [0.1, 0.15) is 23.0 Å². The van der Waals surface area contributed by atoms with Crippen molar-refractivity contribution in [1.82, 2.24) is 14.5 Å². The summed E-state index contributed by atoms with van der Waals surface area (Å²) in [6.07, 6.45) is 5.23. The topological polar surface area (TPSA) is 50.7 Å². The van der Waals surface area contributed by atoms with Gasteiger partial charge in [-0.15, -0.1) is 11.3 Å². The molecular weight excluding hydrogens is 282 g/mol. The molecule has 1 N–H and O–H groups in total. The first-order chi connectivity index (χ1) is 10.3. The number of carbonyl (C=O) groups excluding carboxylic acids is 1. The second kappa shape index (κ2) is 4.56. The van der Waals surface area contributed by atoms with Crippen molar-refractivity contribution in [1.29, 1.82) is 0 Å². The largest absolute Gasteiger partial charge is 0.359 e. The number of fused-ring (bicyclic) bond motifs is 2. The van der Waals surface area contributed by atoms with E-state index in [-0.39, 0.29) is 5.78 Å². The van der Waals surface area contributed by atoms with E-state index < -0.39 is 0 Å². The standard InChI is InChI=1S/C16H13N3OS/c1-2-19-14(7-10-4-6-21-16(10)19)15(20)12-8-18-13-9-17-5-3-11(12)13/h3-9,18H,2H2,1H3. The van der Waals surface area contributed by atoms with E-state index in [2.05, 4.69) is 32.9 Å². The molecule has 0 radical (unpaired) electrons. The number of carbonyl (C=O) groups is 1. The molecule has 0 saturated heterocycles. The van der Waals surface area contributed by atoms with Crippen molar-refractivity contribution in [3.05, 3.63) is 53.4 Å². The third-order valence-electron chi connectivity index (χ3n) is 3.78. The normalized spacial score (nSPS) is 11.5. The second-order valence-corrected chi connectivity index (χ2v) is 5.80. The molecule has 0 aliphatic heterocycles. The van der Waals surface area contributed by atoms with Crippen molar-refractivity contribution in [3.8, 4) is 0 Å². The Hall–Kier alpha value is -2.40. The van der Waals surface area contributed by atoms with Gasteiger partial charge in [0.05, 0.1) is 17.4 Å². The number of hydrogen-bond donors (Lipinski definition) is 1. The average Bonchev–Trinajstić information content (AvgIpc) is 3.19. The van der Waals surface area contributed by atoms with Crippen LogP contribution in [-0.4, -0.2) is 20.3 Å². The first kappa shape index (κ1) is 12.3. The molecule has 0 saturated carbocycles. The summed E-state index contributed by atoms with van der Waals surface area (Å²) in [5, 5.41) is 4.11. The number of pyridine rings is 1. The Balaban J connectivity index is 1.91. The zero-order valence-corrected chi connectivity index (χ0v) is 12.3. The molecule has 0 aliphatic carbocycles. The molecule has 0 atom stereocenters. The van der Waals surface area contributed by atoms with Gasteiger partial charge in [-0.3, -0.25) is 9.78 Å².